The summed E-state index contributed by atoms with van der Waals surface area (Å²) in [6.45, 7) is 0.253. The first-order valence-corrected chi connectivity index (χ1v) is 11.5. The average molecular weight is 552 g/mol. The molecule has 1 aromatic rings. The lowest BCUT2D eigenvalue weighted by atomic mass is 9.92. The van der Waals surface area contributed by atoms with E-state index in [0.717, 1.165) is 32.1 Å². The monoisotopic (exact) mass is 552 g/mol. The molecule has 1 fully saturated rings. The second-order valence-electron chi connectivity index (χ2n) is 7.72. The Morgan fingerprint density at radius 2 is 2.00 bits per heavy atom. The Labute approximate surface area is 191 Å². The SMILES string of the molecule is N=C(NC(=O)C(F)(F)F)c1ccc2c(c1)C(=O)N(C1CCCCC1)C2C(N)COCI. The standard InChI is InChI=1S/C20H24F3IN4O3/c21-20(22,23)19(30)27-17(26)11-6-7-13-14(8-11)18(29)28(12-4-2-1-3-5-12)16(13)15(25)9-31-10-24/h6-8,12,15-16H,1-5,9-10,25H2,(H2,26,27,30). The fourth-order valence-electron chi connectivity index (χ4n) is 4.29. The molecule has 2 unspecified atom stereocenters. The number of ether oxygens (including phenoxy) is 1. The third-order valence-corrected chi connectivity index (χ3v) is 6.12. The molecular weight excluding hydrogens is 528 g/mol. The number of alkyl halides is 4. The largest absolute Gasteiger partial charge is 0.471 e. The molecule has 1 aromatic carbocycles. The van der Waals surface area contributed by atoms with Crippen LogP contribution >= 0.6 is 22.6 Å². The molecule has 0 bridgehead atoms. The number of benzene rings is 1. The minimum absolute atomic E-state index is 0.0195. The van der Waals surface area contributed by atoms with Crippen molar-refractivity contribution in [2.24, 2.45) is 5.73 Å². The smallest absolute Gasteiger partial charge is 0.369 e. The third kappa shape index (κ3) is 5.20. The van der Waals surface area contributed by atoms with Gasteiger partial charge in [0.25, 0.3) is 5.91 Å². The Bertz CT molecular complexity index is 859. The zero-order chi connectivity index (χ0) is 22.8. The molecule has 1 saturated carbocycles. The summed E-state index contributed by atoms with van der Waals surface area (Å²) in [5, 5.41) is 9.37. The Morgan fingerprint density at radius 3 is 2.61 bits per heavy atom. The number of hydrogen-bond donors (Lipinski definition) is 3. The van der Waals surface area contributed by atoms with Gasteiger partial charge in [0.1, 0.15) is 5.84 Å². The van der Waals surface area contributed by atoms with Gasteiger partial charge in [0.15, 0.2) is 0 Å². The van der Waals surface area contributed by atoms with Gasteiger partial charge in [-0.15, -0.1) is 0 Å². The minimum atomic E-state index is -5.10. The van der Waals surface area contributed by atoms with Crippen molar-refractivity contribution in [3.8, 4) is 0 Å². The van der Waals surface area contributed by atoms with E-state index in [9.17, 15) is 22.8 Å². The Morgan fingerprint density at radius 1 is 1.32 bits per heavy atom. The van der Waals surface area contributed by atoms with Crippen LogP contribution in [0.25, 0.3) is 0 Å². The van der Waals surface area contributed by atoms with Gasteiger partial charge in [-0.25, -0.2) is 0 Å². The second kappa shape index (κ2) is 9.82. The van der Waals surface area contributed by atoms with E-state index in [4.69, 9.17) is 15.9 Å². The fourth-order valence-corrected chi connectivity index (χ4v) is 4.54. The van der Waals surface area contributed by atoms with Crippen molar-refractivity contribution in [3.63, 3.8) is 0 Å². The molecule has 1 heterocycles. The molecule has 31 heavy (non-hydrogen) atoms. The van der Waals surface area contributed by atoms with Gasteiger partial charge in [-0.3, -0.25) is 15.0 Å². The number of carbonyl (C=O) groups is 2. The number of amidine groups is 1. The second-order valence-corrected chi connectivity index (χ2v) is 8.34. The average Bonchev–Trinajstić information content (AvgIpc) is 3.03. The van der Waals surface area contributed by atoms with Gasteiger partial charge in [0, 0.05) is 17.2 Å². The lowest BCUT2D eigenvalue weighted by molar-refractivity contribution is -0.171. The van der Waals surface area contributed by atoms with E-state index in [2.05, 4.69) is 22.6 Å². The van der Waals surface area contributed by atoms with Crippen LogP contribution in [0.4, 0.5) is 13.2 Å². The molecular formula is C20H24F3IN4O3. The van der Waals surface area contributed by atoms with Crippen LogP contribution in [0.1, 0.15) is 59.6 Å². The van der Waals surface area contributed by atoms with Crippen LogP contribution in [0.5, 0.6) is 0 Å². The first-order chi connectivity index (χ1) is 14.6. The Balaban J connectivity index is 1.91. The van der Waals surface area contributed by atoms with E-state index >= 15 is 0 Å². The molecule has 0 spiro atoms. The number of rotatable bonds is 6. The van der Waals surface area contributed by atoms with Crippen LogP contribution in [0.2, 0.25) is 0 Å². The van der Waals surface area contributed by atoms with Crippen LogP contribution < -0.4 is 11.1 Å². The minimum Gasteiger partial charge on any atom is -0.369 e. The maximum Gasteiger partial charge on any atom is 0.471 e. The maximum atomic E-state index is 13.3. The highest BCUT2D eigenvalue weighted by Crippen LogP contribution is 2.40. The van der Waals surface area contributed by atoms with Crippen molar-refractivity contribution in [3.05, 3.63) is 34.9 Å². The number of nitrogens with zero attached hydrogens (tertiary/aromatic N) is 1. The van der Waals surface area contributed by atoms with Gasteiger partial charge in [-0.2, -0.15) is 13.2 Å². The summed E-state index contributed by atoms with van der Waals surface area (Å²) >= 11 is 2.07. The molecule has 0 aromatic heterocycles. The van der Waals surface area contributed by atoms with Gasteiger partial charge >= 0.3 is 12.1 Å². The van der Waals surface area contributed by atoms with Crippen molar-refractivity contribution in [1.29, 1.82) is 5.41 Å². The number of hydrogen-bond acceptors (Lipinski definition) is 5. The van der Waals surface area contributed by atoms with Gasteiger partial charge < -0.3 is 20.7 Å². The summed E-state index contributed by atoms with van der Waals surface area (Å²) in [4.78, 5) is 26.3. The summed E-state index contributed by atoms with van der Waals surface area (Å²) in [7, 11) is 0. The fraction of sp³-hybridized carbons (Fsp3) is 0.550. The summed E-state index contributed by atoms with van der Waals surface area (Å²) in [5.74, 6) is -3.21. The number of fused-ring (bicyclic) bond motifs is 1. The molecule has 170 valence electrons. The van der Waals surface area contributed by atoms with E-state index in [1.54, 1.807) is 11.0 Å². The van der Waals surface area contributed by atoms with E-state index < -0.39 is 30.0 Å². The third-order valence-electron chi connectivity index (χ3n) is 5.68. The van der Waals surface area contributed by atoms with Crippen molar-refractivity contribution in [1.82, 2.24) is 10.2 Å². The molecule has 2 amide bonds. The predicted molar refractivity (Wildman–Crippen MR) is 116 cm³/mol. The normalized spacial score (nSPS) is 20.5. The molecule has 0 radical (unpaired) electrons. The maximum absolute atomic E-state index is 13.3. The van der Waals surface area contributed by atoms with Gasteiger partial charge in [0.2, 0.25) is 0 Å². The number of carbonyl (C=O) groups excluding carboxylic acids is 2. The molecule has 1 aliphatic carbocycles. The first-order valence-electron chi connectivity index (χ1n) is 9.98. The van der Waals surface area contributed by atoms with Crippen molar-refractivity contribution >= 4 is 40.2 Å². The molecule has 2 aliphatic rings. The molecule has 3 rings (SSSR count). The van der Waals surface area contributed by atoms with Gasteiger partial charge in [-0.1, -0.05) is 54.0 Å². The Kier molecular flexibility index (Phi) is 7.58. The van der Waals surface area contributed by atoms with E-state index in [0.29, 0.717) is 15.7 Å². The molecule has 2 atom stereocenters. The van der Waals surface area contributed by atoms with Crippen LogP contribution in [0, 0.1) is 5.41 Å². The molecule has 7 nitrogen and oxygen atoms in total. The molecule has 1 aliphatic heterocycles. The molecule has 0 saturated heterocycles. The van der Waals surface area contributed by atoms with Crippen LogP contribution in [-0.4, -0.2) is 52.0 Å². The van der Waals surface area contributed by atoms with Crippen molar-refractivity contribution in [2.75, 3.05) is 11.2 Å². The quantitative estimate of drug-likeness (QED) is 0.218. The van der Waals surface area contributed by atoms with Crippen LogP contribution in [0.3, 0.4) is 0 Å². The lowest BCUT2D eigenvalue weighted by Crippen LogP contribution is -2.47. The molecule has 4 N–H and O–H groups in total. The van der Waals surface area contributed by atoms with Gasteiger partial charge in [-0.05, 0) is 24.5 Å². The van der Waals surface area contributed by atoms with Crippen molar-refractivity contribution in [2.45, 2.75) is 56.4 Å². The zero-order valence-corrected chi connectivity index (χ0v) is 18.8. The summed E-state index contributed by atoms with van der Waals surface area (Å²) in [6.07, 6.45) is -0.249. The number of nitrogens with two attached hydrogens (primary N) is 1. The molecule has 11 heteroatoms. The van der Waals surface area contributed by atoms with E-state index in [-0.39, 0.29) is 24.1 Å². The number of halogens is 4. The predicted octanol–water partition coefficient (Wildman–Crippen LogP) is 3.26. The summed E-state index contributed by atoms with van der Waals surface area (Å²) in [6, 6.07) is 3.52. The van der Waals surface area contributed by atoms with Gasteiger partial charge in [0.05, 0.1) is 23.3 Å². The van der Waals surface area contributed by atoms with Crippen LogP contribution in [-0.2, 0) is 9.53 Å². The lowest BCUT2D eigenvalue weighted by Gasteiger charge is -2.38. The highest BCUT2D eigenvalue weighted by molar-refractivity contribution is 14.1. The first kappa shape index (κ1) is 23.9. The van der Waals surface area contributed by atoms with Crippen LogP contribution in [0.15, 0.2) is 18.2 Å². The Hall–Kier alpha value is -1.73. The summed E-state index contributed by atoms with van der Waals surface area (Å²) in [5.41, 5.74) is 7.38. The highest BCUT2D eigenvalue weighted by atomic mass is 127. The highest BCUT2D eigenvalue weighted by Gasteiger charge is 2.44. The van der Waals surface area contributed by atoms with E-state index in [1.807, 2.05) is 0 Å². The summed E-state index contributed by atoms with van der Waals surface area (Å²) < 4.78 is 43.5. The topological polar surface area (TPSA) is 109 Å². The number of nitrogens with one attached hydrogen (secondary N) is 2. The number of amides is 2. The zero-order valence-electron chi connectivity index (χ0n) is 16.7. The van der Waals surface area contributed by atoms with Crippen molar-refractivity contribution < 1.29 is 27.5 Å². The van der Waals surface area contributed by atoms with E-state index in [1.165, 1.54) is 17.4 Å².